The van der Waals surface area contributed by atoms with Crippen LogP contribution in [0.25, 0.3) is 0 Å². The van der Waals surface area contributed by atoms with Gasteiger partial charge in [0.1, 0.15) is 5.82 Å². The van der Waals surface area contributed by atoms with Crippen LogP contribution in [0.2, 0.25) is 0 Å². The largest absolute Gasteiger partial charge is 0.310 e. The standard InChI is InChI=1S/C14H20N2OS2/c1-11-5-4-9-15-14(11)16-13(17)7-3-2-6-12-8-10-18-19-12/h4-5,9,12H,2-3,6-8,10H2,1H3,(H,15,16,17). The zero-order valence-electron chi connectivity index (χ0n) is 11.2. The number of unbranched alkanes of at least 4 members (excludes halogenated alkanes) is 1. The molecule has 1 aromatic rings. The Kier molecular flexibility index (Phi) is 6.04. The van der Waals surface area contributed by atoms with Crippen LogP contribution in [0.15, 0.2) is 18.3 Å². The van der Waals surface area contributed by atoms with Crippen molar-refractivity contribution >= 4 is 33.3 Å². The molecule has 0 radical (unpaired) electrons. The molecule has 1 N–H and O–H groups in total. The van der Waals surface area contributed by atoms with E-state index in [1.54, 1.807) is 6.20 Å². The SMILES string of the molecule is Cc1cccnc1NC(=O)CCCCC1CCSS1. The zero-order chi connectivity index (χ0) is 13.5. The first-order chi connectivity index (χ1) is 9.25. The van der Waals surface area contributed by atoms with Crippen molar-refractivity contribution in [1.82, 2.24) is 4.98 Å². The number of amides is 1. The summed E-state index contributed by atoms with van der Waals surface area (Å²) >= 11 is 0. The molecule has 0 spiro atoms. The summed E-state index contributed by atoms with van der Waals surface area (Å²) in [4.78, 5) is 16.0. The smallest absolute Gasteiger partial charge is 0.225 e. The molecule has 2 heterocycles. The van der Waals surface area contributed by atoms with Gasteiger partial charge < -0.3 is 5.32 Å². The van der Waals surface area contributed by atoms with Crippen molar-refractivity contribution in [1.29, 1.82) is 0 Å². The van der Waals surface area contributed by atoms with Crippen LogP contribution in [0.1, 0.15) is 37.7 Å². The van der Waals surface area contributed by atoms with E-state index < -0.39 is 0 Å². The molecule has 1 saturated heterocycles. The van der Waals surface area contributed by atoms with Crippen molar-refractivity contribution in [2.24, 2.45) is 0 Å². The molecule has 1 fully saturated rings. The molecule has 1 aliphatic heterocycles. The lowest BCUT2D eigenvalue weighted by atomic mass is 10.1. The molecule has 0 saturated carbocycles. The Morgan fingerprint density at radius 2 is 2.42 bits per heavy atom. The van der Waals surface area contributed by atoms with Gasteiger partial charge in [0.05, 0.1) is 0 Å². The molecule has 1 aromatic heterocycles. The highest BCUT2D eigenvalue weighted by atomic mass is 33.1. The predicted molar refractivity (Wildman–Crippen MR) is 84.5 cm³/mol. The van der Waals surface area contributed by atoms with Gasteiger partial charge in [-0.25, -0.2) is 4.98 Å². The van der Waals surface area contributed by atoms with Gasteiger partial charge in [-0.1, -0.05) is 34.1 Å². The van der Waals surface area contributed by atoms with Crippen LogP contribution in [-0.2, 0) is 4.79 Å². The highest BCUT2D eigenvalue weighted by Crippen LogP contribution is 2.39. The fourth-order valence-electron chi connectivity index (χ4n) is 2.03. The Labute approximate surface area is 122 Å². The average molecular weight is 296 g/mol. The molecule has 19 heavy (non-hydrogen) atoms. The van der Waals surface area contributed by atoms with Gasteiger partial charge in [0, 0.05) is 23.6 Å². The number of aryl methyl sites for hydroxylation is 1. The van der Waals surface area contributed by atoms with Crippen LogP contribution in [-0.4, -0.2) is 21.9 Å². The third kappa shape index (κ3) is 5.07. The van der Waals surface area contributed by atoms with E-state index in [1.165, 1.54) is 18.6 Å². The van der Waals surface area contributed by atoms with Gasteiger partial charge in [0.25, 0.3) is 0 Å². The van der Waals surface area contributed by atoms with Gasteiger partial charge >= 0.3 is 0 Å². The molecule has 1 atom stereocenters. The first-order valence-electron chi connectivity index (χ1n) is 6.75. The molecule has 3 nitrogen and oxygen atoms in total. The van der Waals surface area contributed by atoms with Gasteiger partial charge in [-0.2, -0.15) is 0 Å². The maximum absolute atomic E-state index is 11.8. The Hall–Kier alpha value is -0.680. The lowest BCUT2D eigenvalue weighted by molar-refractivity contribution is -0.116. The van der Waals surface area contributed by atoms with Crippen molar-refractivity contribution in [3.8, 4) is 0 Å². The molecule has 1 aliphatic rings. The van der Waals surface area contributed by atoms with Crippen molar-refractivity contribution in [3.63, 3.8) is 0 Å². The third-order valence-electron chi connectivity index (χ3n) is 3.17. The summed E-state index contributed by atoms with van der Waals surface area (Å²) in [5.74, 6) is 2.06. The van der Waals surface area contributed by atoms with E-state index in [1.807, 2.05) is 40.6 Å². The molecular weight excluding hydrogens is 276 g/mol. The predicted octanol–water partition coefficient (Wildman–Crippen LogP) is 4.04. The average Bonchev–Trinajstić information content (AvgIpc) is 2.91. The first kappa shape index (κ1) is 14.7. The van der Waals surface area contributed by atoms with E-state index in [0.29, 0.717) is 12.2 Å². The van der Waals surface area contributed by atoms with Crippen molar-refractivity contribution in [2.45, 2.75) is 44.3 Å². The second kappa shape index (κ2) is 7.80. The second-order valence-corrected chi connectivity index (χ2v) is 7.58. The summed E-state index contributed by atoms with van der Waals surface area (Å²) in [7, 11) is 3.99. The van der Waals surface area contributed by atoms with Gasteiger partial charge in [-0.3, -0.25) is 4.79 Å². The minimum atomic E-state index is 0.0789. The Balaban J connectivity index is 1.63. The molecule has 0 aromatic carbocycles. The van der Waals surface area contributed by atoms with Crippen LogP contribution >= 0.6 is 21.6 Å². The number of pyridine rings is 1. The molecule has 5 heteroatoms. The van der Waals surface area contributed by atoms with Gasteiger partial charge in [0.15, 0.2) is 0 Å². The number of carbonyl (C=O) groups is 1. The molecule has 1 unspecified atom stereocenters. The summed E-state index contributed by atoms with van der Waals surface area (Å²) in [5.41, 5.74) is 1.01. The summed E-state index contributed by atoms with van der Waals surface area (Å²) in [6, 6.07) is 3.83. The van der Waals surface area contributed by atoms with E-state index in [4.69, 9.17) is 0 Å². The number of aromatic nitrogens is 1. The van der Waals surface area contributed by atoms with E-state index in [2.05, 4.69) is 10.3 Å². The minimum Gasteiger partial charge on any atom is -0.310 e. The number of hydrogen-bond donors (Lipinski definition) is 1. The Morgan fingerprint density at radius 3 is 3.16 bits per heavy atom. The highest BCUT2D eigenvalue weighted by molar-refractivity contribution is 8.77. The number of nitrogens with zero attached hydrogens (tertiary/aromatic N) is 1. The van der Waals surface area contributed by atoms with Crippen LogP contribution in [0.4, 0.5) is 5.82 Å². The molecule has 1 amide bonds. The zero-order valence-corrected chi connectivity index (χ0v) is 12.9. The molecule has 0 bridgehead atoms. The number of carbonyl (C=O) groups excluding carboxylic acids is 1. The molecular formula is C14H20N2OS2. The quantitative estimate of drug-likeness (QED) is 0.635. The monoisotopic (exact) mass is 296 g/mol. The van der Waals surface area contributed by atoms with Crippen molar-refractivity contribution < 1.29 is 4.79 Å². The maximum Gasteiger partial charge on any atom is 0.225 e. The summed E-state index contributed by atoms with van der Waals surface area (Å²) in [6.07, 6.45) is 6.99. The second-order valence-electron chi connectivity index (χ2n) is 4.79. The topological polar surface area (TPSA) is 42.0 Å². The van der Waals surface area contributed by atoms with Crippen LogP contribution in [0.5, 0.6) is 0 Å². The van der Waals surface area contributed by atoms with Crippen LogP contribution in [0, 0.1) is 6.92 Å². The molecule has 104 valence electrons. The van der Waals surface area contributed by atoms with Crippen molar-refractivity contribution in [3.05, 3.63) is 23.9 Å². The first-order valence-corrected chi connectivity index (χ1v) is 9.13. The number of anilines is 1. The van der Waals surface area contributed by atoms with Gasteiger partial charge in [-0.05, 0) is 37.8 Å². The maximum atomic E-state index is 11.8. The van der Waals surface area contributed by atoms with Crippen molar-refractivity contribution in [2.75, 3.05) is 11.1 Å². The fourth-order valence-corrected chi connectivity index (χ4v) is 5.06. The number of rotatable bonds is 6. The van der Waals surface area contributed by atoms with E-state index in [-0.39, 0.29) is 5.91 Å². The number of hydrogen-bond acceptors (Lipinski definition) is 4. The summed E-state index contributed by atoms with van der Waals surface area (Å²) in [5, 5.41) is 3.69. The Bertz CT molecular complexity index is 420. The van der Waals surface area contributed by atoms with Crippen LogP contribution < -0.4 is 5.32 Å². The van der Waals surface area contributed by atoms with Gasteiger partial charge in [-0.15, -0.1) is 0 Å². The van der Waals surface area contributed by atoms with E-state index in [0.717, 1.165) is 23.7 Å². The fraction of sp³-hybridized carbons (Fsp3) is 0.571. The van der Waals surface area contributed by atoms with E-state index in [9.17, 15) is 4.79 Å². The van der Waals surface area contributed by atoms with Gasteiger partial charge in [0.2, 0.25) is 5.91 Å². The van der Waals surface area contributed by atoms with E-state index >= 15 is 0 Å². The highest BCUT2D eigenvalue weighted by Gasteiger charge is 2.15. The van der Waals surface area contributed by atoms with Crippen LogP contribution in [0.3, 0.4) is 0 Å². The third-order valence-corrected chi connectivity index (χ3v) is 6.18. The Morgan fingerprint density at radius 1 is 1.53 bits per heavy atom. The lowest BCUT2D eigenvalue weighted by Crippen LogP contribution is -2.13. The lowest BCUT2D eigenvalue weighted by Gasteiger charge is -2.08. The normalized spacial score (nSPS) is 18.5. The summed E-state index contributed by atoms with van der Waals surface area (Å²) < 4.78 is 0. The molecule has 0 aliphatic carbocycles. The minimum absolute atomic E-state index is 0.0789. The number of nitrogens with one attached hydrogen (secondary N) is 1. The molecule has 2 rings (SSSR count). The summed E-state index contributed by atoms with van der Waals surface area (Å²) in [6.45, 7) is 1.96.